The van der Waals surface area contributed by atoms with Crippen LogP contribution in [0, 0.1) is 0 Å². The first-order chi connectivity index (χ1) is 7.74. The van der Waals surface area contributed by atoms with Gasteiger partial charge in [-0.1, -0.05) is 5.16 Å². The van der Waals surface area contributed by atoms with Crippen molar-refractivity contribution in [3.05, 3.63) is 0 Å². The molecule has 1 heterocycles. The molecule has 0 bridgehead atoms. The Bertz CT molecular complexity index is 250. The molecule has 0 aromatic rings. The standard InChI is InChI=1S/C10H19N3O3/c1-9(12-15)10(14)11-3-2-4-13-5-7-16-8-6-13/h15H,2-8H2,1H3,(H,11,14)/b12-9-. The molecule has 0 aliphatic carbocycles. The van der Waals surface area contributed by atoms with Gasteiger partial charge in [0.25, 0.3) is 5.91 Å². The lowest BCUT2D eigenvalue weighted by molar-refractivity contribution is -0.115. The zero-order valence-corrected chi connectivity index (χ0v) is 9.61. The SMILES string of the molecule is C/C(=N/O)C(=O)NCCCN1CCOCC1. The summed E-state index contributed by atoms with van der Waals surface area (Å²) in [5, 5.41) is 13.9. The number of nitrogens with one attached hydrogen (secondary N) is 1. The zero-order valence-electron chi connectivity index (χ0n) is 9.61. The van der Waals surface area contributed by atoms with E-state index in [1.807, 2.05) is 0 Å². The number of carbonyl (C=O) groups excluding carboxylic acids is 1. The normalized spacial score (nSPS) is 18.4. The number of hydrogen-bond donors (Lipinski definition) is 2. The third kappa shape index (κ3) is 4.59. The fraction of sp³-hybridized carbons (Fsp3) is 0.800. The van der Waals surface area contributed by atoms with Crippen molar-refractivity contribution in [2.75, 3.05) is 39.4 Å². The molecule has 0 unspecified atom stereocenters. The Kier molecular flexibility index (Phi) is 5.81. The van der Waals surface area contributed by atoms with Gasteiger partial charge in [0, 0.05) is 19.6 Å². The first-order valence-corrected chi connectivity index (χ1v) is 5.51. The molecule has 0 radical (unpaired) electrons. The topological polar surface area (TPSA) is 74.2 Å². The van der Waals surface area contributed by atoms with Crippen LogP contribution in [0.3, 0.4) is 0 Å². The second-order valence-electron chi connectivity index (χ2n) is 3.75. The minimum absolute atomic E-state index is 0.0892. The Labute approximate surface area is 95.2 Å². The number of hydrogen-bond acceptors (Lipinski definition) is 5. The van der Waals surface area contributed by atoms with E-state index in [2.05, 4.69) is 15.4 Å². The van der Waals surface area contributed by atoms with Crippen molar-refractivity contribution in [3.63, 3.8) is 0 Å². The molecule has 0 aromatic carbocycles. The summed E-state index contributed by atoms with van der Waals surface area (Å²) in [6, 6.07) is 0. The Morgan fingerprint density at radius 2 is 2.19 bits per heavy atom. The quantitative estimate of drug-likeness (QED) is 0.293. The molecule has 1 aliphatic rings. The number of nitrogens with zero attached hydrogens (tertiary/aromatic N) is 2. The average Bonchev–Trinajstić information content (AvgIpc) is 2.34. The van der Waals surface area contributed by atoms with Crippen molar-refractivity contribution in [1.29, 1.82) is 0 Å². The van der Waals surface area contributed by atoms with Gasteiger partial charge in [0.2, 0.25) is 0 Å². The van der Waals surface area contributed by atoms with Crippen LogP contribution in [-0.2, 0) is 9.53 Å². The Hall–Kier alpha value is -1.14. The van der Waals surface area contributed by atoms with E-state index >= 15 is 0 Å². The molecule has 1 amide bonds. The summed E-state index contributed by atoms with van der Waals surface area (Å²) in [4.78, 5) is 13.5. The summed E-state index contributed by atoms with van der Waals surface area (Å²) in [5.74, 6) is -0.315. The first kappa shape index (κ1) is 12.9. The number of morpholine rings is 1. The lowest BCUT2D eigenvalue weighted by Gasteiger charge is -2.26. The van der Waals surface area contributed by atoms with Crippen LogP contribution in [0.25, 0.3) is 0 Å². The predicted octanol–water partition coefficient (Wildman–Crippen LogP) is -0.325. The van der Waals surface area contributed by atoms with Crippen molar-refractivity contribution in [3.8, 4) is 0 Å². The van der Waals surface area contributed by atoms with Crippen LogP contribution in [0.15, 0.2) is 5.16 Å². The summed E-state index contributed by atoms with van der Waals surface area (Å²) >= 11 is 0. The number of oxime groups is 1. The van der Waals surface area contributed by atoms with Crippen molar-refractivity contribution in [2.24, 2.45) is 5.16 Å². The maximum Gasteiger partial charge on any atom is 0.268 e. The molecular formula is C10H19N3O3. The molecule has 0 aromatic heterocycles. The molecule has 1 rings (SSSR count). The monoisotopic (exact) mass is 229 g/mol. The predicted molar refractivity (Wildman–Crippen MR) is 59.8 cm³/mol. The van der Waals surface area contributed by atoms with Gasteiger partial charge in [0.15, 0.2) is 0 Å². The largest absolute Gasteiger partial charge is 0.410 e. The highest BCUT2D eigenvalue weighted by molar-refractivity contribution is 6.37. The van der Waals surface area contributed by atoms with E-state index in [1.165, 1.54) is 6.92 Å². The van der Waals surface area contributed by atoms with Gasteiger partial charge in [0.1, 0.15) is 5.71 Å². The van der Waals surface area contributed by atoms with Crippen LogP contribution in [0.4, 0.5) is 0 Å². The van der Waals surface area contributed by atoms with Crippen molar-refractivity contribution in [1.82, 2.24) is 10.2 Å². The highest BCUT2D eigenvalue weighted by Crippen LogP contribution is 1.97. The van der Waals surface area contributed by atoms with Crippen LogP contribution in [-0.4, -0.2) is 61.1 Å². The van der Waals surface area contributed by atoms with Gasteiger partial charge in [-0.05, 0) is 19.9 Å². The molecule has 92 valence electrons. The van der Waals surface area contributed by atoms with Crippen molar-refractivity contribution < 1.29 is 14.7 Å². The summed E-state index contributed by atoms with van der Waals surface area (Å²) in [7, 11) is 0. The molecule has 0 spiro atoms. The minimum Gasteiger partial charge on any atom is -0.410 e. The van der Waals surface area contributed by atoms with E-state index in [1.54, 1.807) is 0 Å². The highest BCUT2D eigenvalue weighted by atomic mass is 16.5. The molecule has 6 heteroatoms. The lowest BCUT2D eigenvalue weighted by atomic mass is 10.3. The number of carbonyl (C=O) groups is 1. The van der Waals surface area contributed by atoms with Crippen LogP contribution in [0.5, 0.6) is 0 Å². The minimum atomic E-state index is -0.315. The van der Waals surface area contributed by atoms with Gasteiger partial charge in [-0.25, -0.2) is 0 Å². The second-order valence-corrected chi connectivity index (χ2v) is 3.75. The number of ether oxygens (including phenoxy) is 1. The molecule has 6 nitrogen and oxygen atoms in total. The zero-order chi connectivity index (χ0) is 11.8. The van der Waals surface area contributed by atoms with Gasteiger partial charge in [0.05, 0.1) is 13.2 Å². The lowest BCUT2D eigenvalue weighted by Crippen LogP contribution is -2.38. The maximum atomic E-state index is 11.2. The van der Waals surface area contributed by atoms with Gasteiger partial charge in [-0.15, -0.1) is 0 Å². The fourth-order valence-corrected chi connectivity index (χ4v) is 1.50. The third-order valence-corrected chi connectivity index (χ3v) is 2.52. The van der Waals surface area contributed by atoms with E-state index in [0.717, 1.165) is 39.3 Å². The van der Waals surface area contributed by atoms with E-state index in [0.29, 0.717) is 6.54 Å². The van der Waals surface area contributed by atoms with Gasteiger partial charge in [-0.2, -0.15) is 0 Å². The van der Waals surface area contributed by atoms with Crippen LogP contribution in [0.2, 0.25) is 0 Å². The van der Waals surface area contributed by atoms with Crippen LogP contribution >= 0.6 is 0 Å². The van der Waals surface area contributed by atoms with E-state index in [9.17, 15) is 4.79 Å². The molecule has 1 fully saturated rings. The van der Waals surface area contributed by atoms with Crippen LogP contribution < -0.4 is 5.32 Å². The maximum absolute atomic E-state index is 11.2. The molecule has 1 aliphatic heterocycles. The van der Waals surface area contributed by atoms with Gasteiger partial charge in [-0.3, -0.25) is 9.69 Å². The third-order valence-electron chi connectivity index (χ3n) is 2.52. The molecule has 2 N–H and O–H groups in total. The van der Waals surface area contributed by atoms with Crippen LogP contribution in [0.1, 0.15) is 13.3 Å². The number of amides is 1. The smallest absolute Gasteiger partial charge is 0.268 e. The highest BCUT2D eigenvalue weighted by Gasteiger charge is 2.10. The molecule has 16 heavy (non-hydrogen) atoms. The van der Waals surface area contributed by atoms with Gasteiger partial charge < -0.3 is 15.3 Å². The second kappa shape index (κ2) is 7.19. The molecule has 1 saturated heterocycles. The molecule has 0 atom stereocenters. The average molecular weight is 229 g/mol. The summed E-state index contributed by atoms with van der Waals surface area (Å²) in [6.07, 6.45) is 0.893. The van der Waals surface area contributed by atoms with E-state index in [4.69, 9.17) is 9.94 Å². The fourth-order valence-electron chi connectivity index (χ4n) is 1.50. The molecular weight excluding hydrogens is 210 g/mol. The Morgan fingerprint density at radius 3 is 2.81 bits per heavy atom. The molecule has 0 saturated carbocycles. The summed E-state index contributed by atoms with van der Waals surface area (Å²) in [6.45, 7) is 6.54. The van der Waals surface area contributed by atoms with E-state index < -0.39 is 0 Å². The Balaban J connectivity index is 2.05. The Morgan fingerprint density at radius 1 is 1.50 bits per heavy atom. The van der Waals surface area contributed by atoms with Crippen molar-refractivity contribution in [2.45, 2.75) is 13.3 Å². The first-order valence-electron chi connectivity index (χ1n) is 5.51. The van der Waals surface area contributed by atoms with E-state index in [-0.39, 0.29) is 11.6 Å². The summed E-state index contributed by atoms with van der Waals surface area (Å²) in [5.41, 5.74) is 0.0892. The van der Waals surface area contributed by atoms with Gasteiger partial charge >= 0.3 is 0 Å². The van der Waals surface area contributed by atoms with Crippen molar-refractivity contribution >= 4 is 11.6 Å². The number of rotatable bonds is 5. The summed E-state index contributed by atoms with van der Waals surface area (Å²) < 4.78 is 5.24.